The van der Waals surface area contributed by atoms with Crippen LogP contribution in [0.2, 0.25) is 0 Å². The minimum Gasteiger partial charge on any atom is -0.330 e. The van der Waals surface area contributed by atoms with Crippen molar-refractivity contribution in [2.45, 2.75) is 25.3 Å². The Balaban J connectivity index is 1.60. The van der Waals surface area contributed by atoms with Gasteiger partial charge >= 0.3 is 6.03 Å². The van der Waals surface area contributed by atoms with Gasteiger partial charge in [-0.1, -0.05) is 36.8 Å². The molecular weight excluding hydrogens is 312 g/mol. The number of urea groups is 1. The van der Waals surface area contributed by atoms with E-state index in [9.17, 15) is 4.79 Å². The van der Waals surface area contributed by atoms with Crippen molar-refractivity contribution in [2.24, 2.45) is 5.92 Å². The second-order valence-electron chi connectivity index (χ2n) is 7.69. The van der Waals surface area contributed by atoms with Crippen LogP contribution < -0.4 is 5.32 Å². The smallest absolute Gasteiger partial charge is 0.317 e. The maximum atomic E-state index is 12.7. The summed E-state index contributed by atoms with van der Waals surface area (Å²) >= 11 is 0. The average molecular weight is 345 g/mol. The van der Waals surface area contributed by atoms with Crippen LogP contribution in [0.3, 0.4) is 0 Å². The van der Waals surface area contributed by atoms with E-state index in [1.807, 2.05) is 18.0 Å². The van der Waals surface area contributed by atoms with Gasteiger partial charge in [0.05, 0.1) is 6.04 Å². The Hall–Kier alpha value is -1.59. The van der Waals surface area contributed by atoms with E-state index in [-0.39, 0.29) is 12.1 Å². The summed E-state index contributed by atoms with van der Waals surface area (Å²) in [5.74, 6) is 0.698. The second-order valence-corrected chi connectivity index (χ2v) is 7.69. The highest BCUT2D eigenvalue weighted by Crippen LogP contribution is 2.27. The largest absolute Gasteiger partial charge is 0.330 e. The Morgan fingerprint density at radius 2 is 1.88 bits per heavy atom. The molecule has 1 atom stereocenters. The second kappa shape index (κ2) is 8.68. The van der Waals surface area contributed by atoms with Gasteiger partial charge in [0.15, 0.2) is 0 Å². The number of benzene rings is 1. The monoisotopic (exact) mass is 344 g/mol. The molecule has 2 amide bonds. The number of piperazine rings is 1. The molecule has 0 aromatic heterocycles. The highest BCUT2D eigenvalue weighted by atomic mass is 16.2. The molecule has 1 aliphatic heterocycles. The van der Waals surface area contributed by atoms with Crippen LogP contribution in [0.1, 0.15) is 30.9 Å². The minimum absolute atomic E-state index is 0.0425. The number of amides is 2. The summed E-state index contributed by atoms with van der Waals surface area (Å²) in [6, 6.07) is 10.5. The molecule has 1 N–H and O–H groups in total. The lowest BCUT2D eigenvalue weighted by Gasteiger charge is -2.36. The third-order valence-corrected chi connectivity index (χ3v) is 5.64. The molecule has 1 aliphatic carbocycles. The molecule has 1 saturated heterocycles. The van der Waals surface area contributed by atoms with Crippen LogP contribution in [-0.2, 0) is 0 Å². The molecule has 25 heavy (non-hydrogen) atoms. The van der Waals surface area contributed by atoms with Crippen molar-refractivity contribution >= 4 is 6.03 Å². The predicted octanol–water partition coefficient (Wildman–Crippen LogP) is 2.42. The van der Waals surface area contributed by atoms with Crippen molar-refractivity contribution in [3.05, 3.63) is 35.9 Å². The molecule has 0 spiro atoms. The van der Waals surface area contributed by atoms with Crippen LogP contribution in [-0.4, -0.2) is 74.1 Å². The van der Waals surface area contributed by atoms with E-state index in [4.69, 9.17) is 0 Å². The SMILES string of the molecule is CN1CCN(C[C@H](NC(=O)N(C)CC2CCC2)c2ccccc2)CC1. The van der Waals surface area contributed by atoms with E-state index in [1.165, 1.54) is 24.8 Å². The van der Waals surface area contributed by atoms with Crippen molar-refractivity contribution in [1.29, 1.82) is 0 Å². The lowest BCUT2D eigenvalue weighted by Crippen LogP contribution is -2.49. The number of nitrogens with zero attached hydrogens (tertiary/aromatic N) is 3. The van der Waals surface area contributed by atoms with Gasteiger partial charge in [0.2, 0.25) is 0 Å². The summed E-state index contributed by atoms with van der Waals surface area (Å²) in [4.78, 5) is 19.4. The van der Waals surface area contributed by atoms with E-state index in [0.29, 0.717) is 5.92 Å². The Morgan fingerprint density at radius 3 is 2.48 bits per heavy atom. The van der Waals surface area contributed by atoms with Crippen molar-refractivity contribution in [3.8, 4) is 0 Å². The fourth-order valence-corrected chi connectivity index (χ4v) is 3.61. The first-order valence-corrected chi connectivity index (χ1v) is 9.59. The van der Waals surface area contributed by atoms with Crippen LogP contribution >= 0.6 is 0 Å². The fraction of sp³-hybridized carbons (Fsp3) is 0.650. The third-order valence-electron chi connectivity index (χ3n) is 5.64. The molecule has 1 saturated carbocycles. The highest BCUT2D eigenvalue weighted by molar-refractivity contribution is 5.74. The molecule has 5 nitrogen and oxygen atoms in total. The molecule has 0 unspecified atom stereocenters. The summed E-state index contributed by atoms with van der Waals surface area (Å²) in [5, 5.41) is 3.28. The van der Waals surface area contributed by atoms with Gasteiger partial charge in [0.1, 0.15) is 0 Å². The van der Waals surface area contributed by atoms with E-state index >= 15 is 0 Å². The Bertz CT molecular complexity index is 538. The van der Waals surface area contributed by atoms with Gasteiger partial charge < -0.3 is 15.1 Å². The third kappa shape index (κ3) is 5.19. The average Bonchev–Trinajstić information content (AvgIpc) is 2.60. The molecular formula is C20H32N4O. The molecule has 1 aromatic carbocycles. The summed E-state index contributed by atoms with van der Waals surface area (Å²) < 4.78 is 0. The zero-order valence-electron chi connectivity index (χ0n) is 15.7. The first-order chi connectivity index (χ1) is 12.1. The van der Waals surface area contributed by atoms with Crippen LogP contribution in [0, 0.1) is 5.92 Å². The molecule has 2 aliphatic rings. The topological polar surface area (TPSA) is 38.8 Å². The number of hydrogen-bond acceptors (Lipinski definition) is 3. The summed E-state index contributed by atoms with van der Waals surface area (Å²) in [7, 11) is 4.09. The van der Waals surface area contributed by atoms with E-state index in [0.717, 1.165) is 39.3 Å². The predicted molar refractivity (Wildman–Crippen MR) is 102 cm³/mol. The number of rotatable bonds is 6. The Kier molecular flexibility index (Phi) is 6.32. The van der Waals surface area contributed by atoms with Gasteiger partial charge in [0.25, 0.3) is 0 Å². The number of nitrogens with one attached hydrogen (secondary N) is 1. The molecule has 0 bridgehead atoms. The molecule has 1 aromatic rings. The van der Waals surface area contributed by atoms with Gasteiger partial charge in [-0.2, -0.15) is 0 Å². The number of carbonyl (C=O) groups excluding carboxylic acids is 1. The number of likely N-dealkylation sites (N-methyl/N-ethyl adjacent to an activating group) is 1. The van der Waals surface area contributed by atoms with Crippen LogP contribution in [0.5, 0.6) is 0 Å². The normalized spacial score (nSPS) is 20.7. The molecule has 1 heterocycles. The fourth-order valence-electron chi connectivity index (χ4n) is 3.61. The zero-order chi connectivity index (χ0) is 17.6. The van der Waals surface area contributed by atoms with Crippen molar-refractivity contribution in [1.82, 2.24) is 20.0 Å². The lowest BCUT2D eigenvalue weighted by molar-refractivity contribution is 0.138. The van der Waals surface area contributed by atoms with E-state index in [2.05, 4.69) is 46.4 Å². The minimum atomic E-state index is 0.0425. The van der Waals surface area contributed by atoms with Crippen molar-refractivity contribution in [2.75, 3.05) is 53.4 Å². The highest BCUT2D eigenvalue weighted by Gasteiger charge is 2.25. The van der Waals surface area contributed by atoms with Crippen molar-refractivity contribution in [3.63, 3.8) is 0 Å². The summed E-state index contributed by atoms with van der Waals surface area (Å²) in [6.45, 7) is 6.07. The van der Waals surface area contributed by atoms with Gasteiger partial charge in [-0.05, 0) is 31.4 Å². The first-order valence-electron chi connectivity index (χ1n) is 9.59. The zero-order valence-corrected chi connectivity index (χ0v) is 15.7. The van der Waals surface area contributed by atoms with Gasteiger partial charge in [-0.3, -0.25) is 4.90 Å². The van der Waals surface area contributed by atoms with Crippen LogP contribution in [0.15, 0.2) is 30.3 Å². The molecule has 138 valence electrons. The van der Waals surface area contributed by atoms with E-state index < -0.39 is 0 Å². The van der Waals surface area contributed by atoms with Crippen molar-refractivity contribution < 1.29 is 4.79 Å². The standard InChI is InChI=1S/C20H32N4O/c1-22-11-13-24(14-12-22)16-19(18-9-4-3-5-10-18)21-20(25)23(2)15-17-7-6-8-17/h3-5,9-10,17,19H,6-8,11-16H2,1-2H3,(H,21,25)/t19-/m0/s1. The lowest BCUT2D eigenvalue weighted by atomic mass is 9.85. The van der Waals surface area contributed by atoms with E-state index in [1.54, 1.807) is 0 Å². The first kappa shape index (κ1) is 18.2. The van der Waals surface area contributed by atoms with Crippen LogP contribution in [0.25, 0.3) is 0 Å². The van der Waals surface area contributed by atoms with Gasteiger partial charge in [-0.25, -0.2) is 4.79 Å². The summed E-state index contributed by atoms with van der Waals surface area (Å²) in [5.41, 5.74) is 1.19. The molecule has 0 radical (unpaired) electrons. The Morgan fingerprint density at radius 1 is 1.20 bits per heavy atom. The molecule has 5 heteroatoms. The number of hydrogen-bond donors (Lipinski definition) is 1. The summed E-state index contributed by atoms with van der Waals surface area (Å²) in [6.07, 6.45) is 3.85. The van der Waals surface area contributed by atoms with Gasteiger partial charge in [0, 0.05) is 46.3 Å². The molecule has 3 rings (SSSR count). The molecule has 2 fully saturated rings. The maximum Gasteiger partial charge on any atom is 0.317 e. The van der Waals surface area contributed by atoms with Crippen LogP contribution in [0.4, 0.5) is 4.79 Å². The Labute approximate surface area is 152 Å². The van der Waals surface area contributed by atoms with Gasteiger partial charge in [-0.15, -0.1) is 0 Å². The number of carbonyl (C=O) groups is 1. The quantitative estimate of drug-likeness (QED) is 0.861. The maximum absolute atomic E-state index is 12.7.